The number of aliphatic carboxylic acids is 1. The second-order valence-corrected chi connectivity index (χ2v) is 10.6. The van der Waals surface area contributed by atoms with Crippen LogP contribution in [0.15, 0.2) is 30.5 Å². The standard InChI is InChI=1S/C28H31FN4O4/c1-28(27(34)35)9-5-16(6-10-28)23-24-21(13-18-15-30-32-26(18)31-24)33(25(23)17-7-11-37-12-8-17)19-3-4-20(29)22(14-19)36-2/h3-4,13-17H,5-12H2,1-2H3,(H,34,35)(H,30,31,32)/t16-,28-. The van der Waals surface area contributed by atoms with Crippen LogP contribution in [0, 0.1) is 11.2 Å². The number of nitrogens with zero attached hydrogens (tertiary/aromatic N) is 3. The number of methoxy groups -OCH3 is 1. The summed E-state index contributed by atoms with van der Waals surface area (Å²) >= 11 is 0. The molecule has 8 nitrogen and oxygen atoms in total. The average molecular weight is 507 g/mol. The molecule has 0 amide bonds. The molecule has 4 heterocycles. The molecule has 1 saturated heterocycles. The Bertz CT molecular complexity index is 1480. The lowest BCUT2D eigenvalue weighted by atomic mass is 9.69. The number of pyridine rings is 1. The molecule has 37 heavy (non-hydrogen) atoms. The fourth-order valence-corrected chi connectivity index (χ4v) is 6.21. The summed E-state index contributed by atoms with van der Waals surface area (Å²) in [5.74, 6) is -0.548. The third-order valence-corrected chi connectivity index (χ3v) is 8.43. The zero-order valence-corrected chi connectivity index (χ0v) is 21.1. The third kappa shape index (κ3) is 3.96. The number of carboxylic acid groups (broad SMARTS) is 1. The van der Waals surface area contributed by atoms with Crippen LogP contribution >= 0.6 is 0 Å². The summed E-state index contributed by atoms with van der Waals surface area (Å²) in [6, 6.07) is 7.05. The lowest BCUT2D eigenvalue weighted by molar-refractivity contribution is -0.149. The minimum Gasteiger partial charge on any atom is -0.494 e. The number of carbonyl (C=O) groups is 1. The zero-order valence-electron chi connectivity index (χ0n) is 21.1. The fourth-order valence-electron chi connectivity index (χ4n) is 6.21. The summed E-state index contributed by atoms with van der Waals surface area (Å²) < 4.78 is 27.7. The normalized spacial score (nSPS) is 23.1. The van der Waals surface area contributed by atoms with Crippen LogP contribution in [0.3, 0.4) is 0 Å². The van der Waals surface area contributed by atoms with Crippen LogP contribution in [0.5, 0.6) is 5.75 Å². The SMILES string of the molecule is COc1cc(-n2c(C3CCOCC3)c([C@H]3CC[C@](C)(C(=O)O)CC3)c3nc4[nH]ncc4cc32)ccc1F. The van der Waals surface area contributed by atoms with E-state index in [4.69, 9.17) is 14.5 Å². The number of carboxylic acids is 1. The molecule has 6 rings (SSSR count). The van der Waals surface area contributed by atoms with Gasteiger partial charge in [0, 0.05) is 47.5 Å². The van der Waals surface area contributed by atoms with E-state index in [1.165, 1.54) is 24.4 Å². The van der Waals surface area contributed by atoms with Crippen LogP contribution in [0.1, 0.15) is 68.5 Å². The number of H-pyrrole nitrogens is 1. The zero-order chi connectivity index (χ0) is 25.7. The maximum Gasteiger partial charge on any atom is 0.309 e. The second-order valence-electron chi connectivity index (χ2n) is 10.6. The molecule has 9 heteroatoms. The number of nitrogens with one attached hydrogen (secondary N) is 1. The van der Waals surface area contributed by atoms with Crippen LogP contribution < -0.4 is 4.74 Å². The maximum atomic E-state index is 14.4. The number of benzene rings is 1. The van der Waals surface area contributed by atoms with Crippen molar-refractivity contribution in [1.29, 1.82) is 0 Å². The van der Waals surface area contributed by atoms with Crippen LogP contribution in [-0.2, 0) is 9.53 Å². The molecule has 0 atom stereocenters. The molecule has 194 valence electrons. The minimum absolute atomic E-state index is 0.171. The van der Waals surface area contributed by atoms with Gasteiger partial charge in [-0.15, -0.1) is 0 Å². The van der Waals surface area contributed by atoms with E-state index in [1.54, 1.807) is 18.3 Å². The average Bonchev–Trinajstić information content (AvgIpc) is 3.50. The summed E-state index contributed by atoms with van der Waals surface area (Å²) in [6.45, 7) is 3.21. The Kier molecular flexibility index (Phi) is 5.90. The molecule has 0 bridgehead atoms. The Morgan fingerprint density at radius 3 is 2.65 bits per heavy atom. The van der Waals surface area contributed by atoms with Crippen molar-refractivity contribution in [2.75, 3.05) is 20.3 Å². The molecule has 2 aliphatic rings. The van der Waals surface area contributed by atoms with E-state index in [0.29, 0.717) is 31.7 Å². The van der Waals surface area contributed by atoms with Gasteiger partial charge in [0.05, 0.1) is 29.8 Å². The predicted molar refractivity (Wildman–Crippen MR) is 137 cm³/mol. The smallest absolute Gasteiger partial charge is 0.309 e. The van der Waals surface area contributed by atoms with Gasteiger partial charge < -0.3 is 19.1 Å². The predicted octanol–water partition coefficient (Wildman–Crippen LogP) is 5.69. The summed E-state index contributed by atoms with van der Waals surface area (Å²) in [4.78, 5) is 17.0. The van der Waals surface area contributed by atoms with Crippen molar-refractivity contribution < 1.29 is 23.8 Å². The van der Waals surface area contributed by atoms with Crippen molar-refractivity contribution in [1.82, 2.24) is 19.7 Å². The van der Waals surface area contributed by atoms with Gasteiger partial charge in [-0.05, 0) is 69.6 Å². The minimum atomic E-state index is -0.728. The van der Waals surface area contributed by atoms with E-state index in [1.807, 2.05) is 6.92 Å². The van der Waals surface area contributed by atoms with Crippen molar-refractivity contribution in [2.45, 2.75) is 57.3 Å². The van der Waals surface area contributed by atoms with Gasteiger partial charge in [-0.1, -0.05) is 0 Å². The highest BCUT2D eigenvalue weighted by Crippen LogP contribution is 2.49. The topological polar surface area (TPSA) is 102 Å². The van der Waals surface area contributed by atoms with Crippen LogP contribution in [-0.4, -0.2) is 51.1 Å². The van der Waals surface area contributed by atoms with Gasteiger partial charge in [0.1, 0.15) is 0 Å². The molecule has 3 aromatic heterocycles. The highest BCUT2D eigenvalue weighted by molar-refractivity contribution is 5.93. The first-order valence-corrected chi connectivity index (χ1v) is 12.9. The van der Waals surface area contributed by atoms with E-state index in [2.05, 4.69) is 20.8 Å². The number of rotatable bonds is 5. The van der Waals surface area contributed by atoms with Gasteiger partial charge in [0.15, 0.2) is 17.2 Å². The molecule has 1 aromatic carbocycles. The Morgan fingerprint density at radius 1 is 1.19 bits per heavy atom. The second kappa shape index (κ2) is 9.13. The van der Waals surface area contributed by atoms with E-state index in [0.717, 1.165) is 47.8 Å². The number of aromatic nitrogens is 4. The molecule has 0 radical (unpaired) electrons. The third-order valence-electron chi connectivity index (χ3n) is 8.43. The lowest BCUT2D eigenvalue weighted by Gasteiger charge is -2.35. The molecule has 1 aliphatic carbocycles. The van der Waals surface area contributed by atoms with Gasteiger partial charge in [0.25, 0.3) is 0 Å². The summed E-state index contributed by atoms with van der Waals surface area (Å²) in [7, 11) is 1.47. The number of halogens is 1. The number of hydrogen-bond acceptors (Lipinski definition) is 5. The van der Waals surface area contributed by atoms with E-state index >= 15 is 0 Å². The van der Waals surface area contributed by atoms with Crippen LogP contribution in [0.25, 0.3) is 27.8 Å². The fraction of sp³-hybridized carbons (Fsp3) is 0.464. The lowest BCUT2D eigenvalue weighted by Crippen LogP contribution is -2.32. The summed E-state index contributed by atoms with van der Waals surface area (Å²) in [6.07, 6.45) is 6.28. The molecule has 0 unspecified atom stereocenters. The number of fused-ring (bicyclic) bond motifs is 2. The van der Waals surface area contributed by atoms with Crippen LogP contribution in [0.2, 0.25) is 0 Å². The van der Waals surface area contributed by atoms with Crippen molar-refractivity contribution in [2.24, 2.45) is 5.41 Å². The molecular weight excluding hydrogens is 475 g/mol. The van der Waals surface area contributed by atoms with E-state index in [-0.39, 0.29) is 17.6 Å². The molecule has 2 fully saturated rings. The van der Waals surface area contributed by atoms with Crippen molar-refractivity contribution >= 4 is 28.0 Å². The van der Waals surface area contributed by atoms with Gasteiger partial charge >= 0.3 is 5.97 Å². The number of ether oxygens (including phenoxy) is 2. The Hall–Kier alpha value is -3.46. The molecule has 0 spiro atoms. The number of aromatic amines is 1. The molecule has 1 aliphatic heterocycles. The molecule has 2 N–H and O–H groups in total. The summed E-state index contributed by atoms with van der Waals surface area (Å²) in [5.41, 5.74) is 5.00. The Morgan fingerprint density at radius 2 is 1.95 bits per heavy atom. The molecule has 1 saturated carbocycles. The highest BCUT2D eigenvalue weighted by Gasteiger charge is 2.40. The maximum absolute atomic E-state index is 14.4. The monoisotopic (exact) mass is 506 g/mol. The van der Waals surface area contributed by atoms with Gasteiger partial charge in [-0.25, -0.2) is 9.37 Å². The van der Waals surface area contributed by atoms with Gasteiger partial charge in [-0.3, -0.25) is 9.89 Å². The first kappa shape index (κ1) is 23.9. The Balaban J connectivity index is 1.61. The van der Waals surface area contributed by atoms with Crippen molar-refractivity contribution in [3.05, 3.63) is 47.5 Å². The van der Waals surface area contributed by atoms with Crippen molar-refractivity contribution in [3.63, 3.8) is 0 Å². The highest BCUT2D eigenvalue weighted by atomic mass is 19.1. The van der Waals surface area contributed by atoms with Gasteiger partial charge in [0.2, 0.25) is 0 Å². The molecular formula is C28H31FN4O4. The van der Waals surface area contributed by atoms with Crippen molar-refractivity contribution in [3.8, 4) is 11.4 Å². The summed E-state index contributed by atoms with van der Waals surface area (Å²) in [5, 5.41) is 17.9. The number of hydrogen-bond donors (Lipinski definition) is 2. The molecule has 4 aromatic rings. The van der Waals surface area contributed by atoms with E-state index < -0.39 is 17.2 Å². The Labute approximate surface area is 213 Å². The first-order chi connectivity index (χ1) is 17.9. The van der Waals surface area contributed by atoms with E-state index in [9.17, 15) is 14.3 Å². The first-order valence-electron chi connectivity index (χ1n) is 12.9. The van der Waals surface area contributed by atoms with Gasteiger partial charge in [-0.2, -0.15) is 5.10 Å². The van der Waals surface area contributed by atoms with Crippen LogP contribution in [0.4, 0.5) is 4.39 Å². The quantitative estimate of drug-likeness (QED) is 0.360. The largest absolute Gasteiger partial charge is 0.494 e.